The van der Waals surface area contributed by atoms with Crippen LogP contribution in [0.25, 0.3) is 16.5 Å². The van der Waals surface area contributed by atoms with E-state index in [1.165, 1.54) is 13.2 Å². The second-order valence-corrected chi connectivity index (χ2v) is 6.15. The SMILES string of the molecule is COC(=O)CCNC(=O)/C=C/c1ccc(-c2ccccc2Cl)s1. The molecule has 4 nitrogen and oxygen atoms in total. The van der Waals surface area contributed by atoms with E-state index in [9.17, 15) is 9.59 Å². The summed E-state index contributed by atoms with van der Waals surface area (Å²) < 4.78 is 4.50. The van der Waals surface area contributed by atoms with Crippen molar-refractivity contribution in [2.24, 2.45) is 0 Å². The van der Waals surface area contributed by atoms with Gasteiger partial charge in [-0.05, 0) is 24.3 Å². The van der Waals surface area contributed by atoms with E-state index in [1.54, 1.807) is 17.4 Å². The molecular weight excluding hydrogens is 334 g/mol. The highest BCUT2D eigenvalue weighted by molar-refractivity contribution is 7.16. The summed E-state index contributed by atoms with van der Waals surface area (Å²) in [5.74, 6) is -0.599. The van der Waals surface area contributed by atoms with E-state index in [0.717, 1.165) is 15.3 Å². The Morgan fingerprint density at radius 2 is 2.04 bits per heavy atom. The number of carbonyl (C=O) groups is 2. The largest absolute Gasteiger partial charge is 0.469 e. The molecular formula is C17H16ClNO3S. The van der Waals surface area contributed by atoms with E-state index < -0.39 is 0 Å². The minimum absolute atomic E-state index is 0.158. The molecule has 2 aromatic rings. The third kappa shape index (κ3) is 5.23. The summed E-state index contributed by atoms with van der Waals surface area (Å²) in [7, 11) is 1.32. The van der Waals surface area contributed by atoms with E-state index in [-0.39, 0.29) is 24.8 Å². The van der Waals surface area contributed by atoms with Crippen molar-refractivity contribution in [1.82, 2.24) is 5.32 Å². The zero-order chi connectivity index (χ0) is 16.7. The molecule has 0 atom stereocenters. The molecule has 1 heterocycles. The highest BCUT2D eigenvalue weighted by Crippen LogP contribution is 2.33. The number of rotatable bonds is 6. The minimum Gasteiger partial charge on any atom is -0.469 e. The van der Waals surface area contributed by atoms with Crippen molar-refractivity contribution >= 4 is 40.9 Å². The maximum Gasteiger partial charge on any atom is 0.307 e. The maximum absolute atomic E-state index is 11.7. The zero-order valence-electron chi connectivity index (χ0n) is 12.5. The van der Waals surface area contributed by atoms with Crippen LogP contribution in [-0.4, -0.2) is 25.5 Å². The Balaban J connectivity index is 1.92. The highest BCUT2D eigenvalue weighted by Gasteiger charge is 2.05. The third-order valence-corrected chi connectivity index (χ3v) is 4.43. The number of benzene rings is 1. The number of amides is 1. The Hall–Kier alpha value is -2.11. The summed E-state index contributed by atoms with van der Waals surface area (Å²) in [5, 5.41) is 3.32. The summed E-state index contributed by atoms with van der Waals surface area (Å²) in [4.78, 5) is 24.6. The minimum atomic E-state index is -0.350. The number of hydrogen-bond acceptors (Lipinski definition) is 4. The van der Waals surface area contributed by atoms with Crippen molar-refractivity contribution in [3.05, 3.63) is 52.4 Å². The number of nitrogens with one attached hydrogen (secondary N) is 1. The molecule has 0 aliphatic carbocycles. The summed E-state index contributed by atoms with van der Waals surface area (Å²) in [6, 6.07) is 11.5. The molecule has 0 unspecified atom stereocenters. The second-order valence-electron chi connectivity index (χ2n) is 4.63. The first-order chi connectivity index (χ1) is 11.1. The van der Waals surface area contributed by atoms with Crippen LogP contribution in [-0.2, 0) is 14.3 Å². The molecule has 6 heteroatoms. The molecule has 120 valence electrons. The molecule has 1 amide bonds. The van der Waals surface area contributed by atoms with Gasteiger partial charge in [-0.25, -0.2) is 0 Å². The Bertz CT molecular complexity index is 724. The Morgan fingerprint density at radius 3 is 2.78 bits per heavy atom. The molecule has 2 rings (SSSR count). The topological polar surface area (TPSA) is 55.4 Å². The van der Waals surface area contributed by atoms with Gasteiger partial charge in [0.15, 0.2) is 0 Å². The van der Waals surface area contributed by atoms with Crippen LogP contribution < -0.4 is 5.32 Å². The number of halogens is 1. The van der Waals surface area contributed by atoms with Crippen molar-refractivity contribution in [1.29, 1.82) is 0 Å². The predicted octanol–water partition coefficient (Wildman–Crippen LogP) is 3.76. The first-order valence-electron chi connectivity index (χ1n) is 6.97. The van der Waals surface area contributed by atoms with Crippen molar-refractivity contribution in [3.8, 4) is 10.4 Å². The average Bonchev–Trinajstić information content (AvgIpc) is 3.02. The fourth-order valence-electron chi connectivity index (χ4n) is 1.85. The number of thiophene rings is 1. The predicted molar refractivity (Wildman–Crippen MR) is 93.4 cm³/mol. The van der Waals surface area contributed by atoms with E-state index in [1.807, 2.05) is 36.4 Å². The molecule has 0 aliphatic rings. The first kappa shape index (κ1) is 17.2. The molecule has 1 aromatic carbocycles. The molecule has 0 radical (unpaired) electrons. The molecule has 1 aromatic heterocycles. The normalized spacial score (nSPS) is 10.7. The Labute approximate surface area is 143 Å². The number of esters is 1. The van der Waals surface area contributed by atoms with Gasteiger partial charge in [0.25, 0.3) is 0 Å². The molecule has 1 N–H and O–H groups in total. The van der Waals surface area contributed by atoms with Gasteiger partial charge in [0.05, 0.1) is 13.5 Å². The van der Waals surface area contributed by atoms with Crippen molar-refractivity contribution < 1.29 is 14.3 Å². The quantitative estimate of drug-likeness (QED) is 0.638. The molecule has 0 saturated heterocycles. The standard InChI is InChI=1S/C17H16ClNO3S/c1-22-17(21)10-11-19-16(20)9-7-12-6-8-15(23-12)13-4-2-3-5-14(13)18/h2-9H,10-11H2,1H3,(H,19,20)/b9-7+. The molecule has 0 bridgehead atoms. The van der Waals surface area contributed by atoms with Gasteiger partial charge in [0.2, 0.25) is 5.91 Å². The van der Waals surface area contributed by atoms with Crippen LogP contribution >= 0.6 is 22.9 Å². The summed E-state index contributed by atoms with van der Waals surface area (Å²) in [6.45, 7) is 0.255. The van der Waals surface area contributed by atoms with Crippen molar-refractivity contribution in [3.63, 3.8) is 0 Å². The molecule has 0 aliphatic heterocycles. The van der Waals surface area contributed by atoms with Gasteiger partial charge in [-0.15, -0.1) is 11.3 Å². The number of ether oxygens (including phenoxy) is 1. The van der Waals surface area contributed by atoms with Gasteiger partial charge < -0.3 is 10.1 Å². The smallest absolute Gasteiger partial charge is 0.307 e. The van der Waals surface area contributed by atoms with Crippen LogP contribution in [0.15, 0.2) is 42.5 Å². The summed E-state index contributed by atoms with van der Waals surface area (Å²) in [6.07, 6.45) is 3.34. The van der Waals surface area contributed by atoms with E-state index in [2.05, 4.69) is 10.1 Å². The number of hydrogen-bond donors (Lipinski definition) is 1. The van der Waals surface area contributed by atoms with Crippen LogP contribution in [0.4, 0.5) is 0 Å². The molecule has 0 fully saturated rings. The first-order valence-corrected chi connectivity index (χ1v) is 8.17. The van der Waals surface area contributed by atoms with Crippen LogP contribution in [0, 0.1) is 0 Å². The Kier molecular flexibility index (Phi) is 6.38. The Morgan fingerprint density at radius 1 is 1.26 bits per heavy atom. The lowest BCUT2D eigenvalue weighted by molar-refractivity contribution is -0.140. The van der Waals surface area contributed by atoms with Crippen molar-refractivity contribution in [2.45, 2.75) is 6.42 Å². The average molecular weight is 350 g/mol. The summed E-state index contributed by atoms with van der Waals surface area (Å²) >= 11 is 7.73. The molecule has 0 spiro atoms. The van der Waals surface area contributed by atoms with E-state index in [4.69, 9.17) is 11.6 Å². The molecule has 23 heavy (non-hydrogen) atoms. The van der Waals surface area contributed by atoms with Crippen LogP contribution in [0.1, 0.15) is 11.3 Å². The second kappa shape index (κ2) is 8.50. The van der Waals surface area contributed by atoms with Crippen molar-refractivity contribution in [2.75, 3.05) is 13.7 Å². The van der Waals surface area contributed by atoms with Crippen LogP contribution in [0.3, 0.4) is 0 Å². The third-order valence-electron chi connectivity index (χ3n) is 3.02. The monoisotopic (exact) mass is 349 g/mol. The maximum atomic E-state index is 11.7. The lowest BCUT2D eigenvalue weighted by Gasteiger charge is -2.00. The zero-order valence-corrected chi connectivity index (χ0v) is 14.1. The highest BCUT2D eigenvalue weighted by atomic mass is 35.5. The van der Waals surface area contributed by atoms with E-state index in [0.29, 0.717) is 5.02 Å². The van der Waals surface area contributed by atoms with Gasteiger partial charge in [-0.2, -0.15) is 0 Å². The van der Waals surface area contributed by atoms with Gasteiger partial charge >= 0.3 is 5.97 Å². The number of methoxy groups -OCH3 is 1. The fourth-order valence-corrected chi connectivity index (χ4v) is 3.10. The van der Waals surface area contributed by atoms with Gasteiger partial charge in [0, 0.05) is 33.0 Å². The lowest BCUT2D eigenvalue weighted by atomic mass is 10.2. The van der Waals surface area contributed by atoms with Gasteiger partial charge in [-0.1, -0.05) is 29.8 Å². The lowest BCUT2D eigenvalue weighted by Crippen LogP contribution is -2.24. The van der Waals surface area contributed by atoms with Crippen LogP contribution in [0.5, 0.6) is 0 Å². The van der Waals surface area contributed by atoms with Gasteiger partial charge in [0.1, 0.15) is 0 Å². The number of carbonyl (C=O) groups excluding carboxylic acids is 2. The van der Waals surface area contributed by atoms with E-state index >= 15 is 0 Å². The van der Waals surface area contributed by atoms with Crippen LogP contribution in [0.2, 0.25) is 5.02 Å². The fraction of sp³-hybridized carbons (Fsp3) is 0.176. The summed E-state index contributed by atoms with van der Waals surface area (Å²) in [5.41, 5.74) is 0.973. The van der Waals surface area contributed by atoms with Gasteiger partial charge in [-0.3, -0.25) is 9.59 Å². The molecule has 0 saturated carbocycles.